The summed E-state index contributed by atoms with van der Waals surface area (Å²) < 4.78 is 0. The van der Waals surface area contributed by atoms with Crippen LogP contribution in [-0.2, 0) is 0 Å². The van der Waals surface area contributed by atoms with Crippen molar-refractivity contribution in [2.24, 2.45) is 5.10 Å². The Balaban J connectivity index is 2.05. The van der Waals surface area contributed by atoms with E-state index in [4.69, 9.17) is 5.73 Å². The molecule has 0 saturated heterocycles. The van der Waals surface area contributed by atoms with Gasteiger partial charge in [-0.15, -0.1) is 0 Å². The maximum Gasteiger partial charge on any atom is 0.270 e. The van der Waals surface area contributed by atoms with Crippen LogP contribution in [0.5, 0.6) is 0 Å². The van der Waals surface area contributed by atoms with E-state index >= 15 is 0 Å². The number of allylic oxidation sites excluding steroid dienone is 1. The number of anilines is 2. The van der Waals surface area contributed by atoms with Gasteiger partial charge in [-0.1, -0.05) is 12.1 Å². The average molecular weight is 378 g/mol. The SMILES string of the molecule is CC1=NN(c2nc(N)nc(/C(C#N)=C/c3cccc([N+](=O)[O-])c3)n2)C(C)(C)C1. The minimum absolute atomic E-state index is 0.0456. The Kier molecular flexibility index (Phi) is 4.75. The zero-order chi connectivity index (χ0) is 20.5. The van der Waals surface area contributed by atoms with Gasteiger partial charge in [-0.3, -0.25) is 10.1 Å². The summed E-state index contributed by atoms with van der Waals surface area (Å²) in [6.07, 6.45) is 2.21. The third kappa shape index (κ3) is 3.78. The molecule has 0 fully saturated rings. The van der Waals surface area contributed by atoms with Crippen LogP contribution in [0.4, 0.5) is 17.6 Å². The molecule has 2 N–H and O–H groups in total. The number of hydrogen-bond acceptors (Lipinski definition) is 9. The number of hydrogen-bond donors (Lipinski definition) is 1. The van der Waals surface area contributed by atoms with Crippen LogP contribution in [0.25, 0.3) is 11.6 Å². The largest absolute Gasteiger partial charge is 0.368 e. The normalized spacial score (nSPS) is 15.9. The van der Waals surface area contributed by atoms with E-state index in [1.165, 1.54) is 24.3 Å². The zero-order valence-electron chi connectivity index (χ0n) is 15.6. The highest BCUT2D eigenvalue weighted by Crippen LogP contribution is 2.31. The van der Waals surface area contributed by atoms with E-state index < -0.39 is 4.92 Å². The number of non-ortho nitro benzene ring substituents is 1. The molecule has 2 heterocycles. The lowest BCUT2D eigenvalue weighted by Gasteiger charge is -2.28. The number of nitrogens with zero attached hydrogens (tertiary/aromatic N) is 7. The molecule has 2 aromatic rings. The maximum atomic E-state index is 11.0. The lowest BCUT2D eigenvalue weighted by Crippen LogP contribution is -2.37. The van der Waals surface area contributed by atoms with Crippen molar-refractivity contribution in [3.05, 3.63) is 45.8 Å². The van der Waals surface area contributed by atoms with E-state index in [9.17, 15) is 15.4 Å². The number of nitro benzene ring substituents is 1. The van der Waals surface area contributed by atoms with Gasteiger partial charge >= 0.3 is 0 Å². The smallest absolute Gasteiger partial charge is 0.270 e. The van der Waals surface area contributed by atoms with Crippen LogP contribution in [0.3, 0.4) is 0 Å². The predicted octanol–water partition coefficient (Wildman–Crippen LogP) is 2.79. The molecule has 0 unspecified atom stereocenters. The molecule has 1 aromatic heterocycles. The molecule has 10 heteroatoms. The van der Waals surface area contributed by atoms with Gasteiger partial charge in [-0.25, -0.2) is 5.01 Å². The first-order chi connectivity index (χ1) is 13.2. The van der Waals surface area contributed by atoms with Crippen molar-refractivity contribution in [3.63, 3.8) is 0 Å². The standard InChI is InChI=1S/C18H18N8O2/c1-11-9-18(2,3)25(24-11)17-22-15(21-16(20)23-17)13(10-19)7-12-5-4-6-14(8-12)26(27)28/h4-8H,9H2,1-3H3,(H2,20,21,22,23)/b13-7+. The highest BCUT2D eigenvalue weighted by molar-refractivity contribution is 5.88. The second-order valence-electron chi connectivity index (χ2n) is 6.98. The minimum atomic E-state index is -0.502. The molecule has 0 bridgehead atoms. The van der Waals surface area contributed by atoms with Crippen molar-refractivity contribution in [1.82, 2.24) is 15.0 Å². The number of nitrogen functional groups attached to an aromatic ring is 1. The number of aromatic nitrogens is 3. The molecule has 3 rings (SSSR count). The molecule has 0 amide bonds. The Morgan fingerprint density at radius 3 is 2.75 bits per heavy atom. The quantitative estimate of drug-likeness (QED) is 0.485. The highest BCUT2D eigenvalue weighted by Gasteiger charge is 2.35. The highest BCUT2D eigenvalue weighted by atomic mass is 16.6. The first-order valence-electron chi connectivity index (χ1n) is 8.42. The number of benzene rings is 1. The lowest BCUT2D eigenvalue weighted by molar-refractivity contribution is -0.384. The van der Waals surface area contributed by atoms with E-state index in [0.717, 1.165) is 12.1 Å². The van der Waals surface area contributed by atoms with Gasteiger partial charge in [-0.2, -0.15) is 25.3 Å². The van der Waals surface area contributed by atoms with Crippen molar-refractivity contribution >= 4 is 34.9 Å². The summed E-state index contributed by atoms with van der Waals surface area (Å²) in [5.74, 6) is 0.271. The Morgan fingerprint density at radius 1 is 1.39 bits per heavy atom. The average Bonchev–Trinajstić information content (AvgIpc) is 2.91. The zero-order valence-corrected chi connectivity index (χ0v) is 15.6. The Labute approximate surface area is 161 Å². The fourth-order valence-corrected chi connectivity index (χ4v) is 3.00. The van der Waals surface area contributed by atoms with E-state index in [2.05, 4.69) is 20.1 Å². The van der Waals surface area contributed by atoms with E-state index in [1.807, 2.05) is 26.8 Å². The Hall–Kier alpha value is -3.87. The summed E-state index contributed by atoms with van der Waals surface area (Å²) >= 11 is 0. The number of nitrogens with two attached hydrogens (primary N) is 1. The summed E-state index contributed by atoms with van der Waals surface area (Å²) in [4.78, 5) is 23.0. The number of nitriles is 1. The van der Waals surface area contributed by atoms with Gasteiger partial charge in [0.2, 0.25) is 5.95 Å². The van der Waals surface area contributed by atoms with Crippen LogP contribution in [0.15, 0.2) is 29.4 Å². The number of nitro groups is 1. The molecular weight excluding hydrogens is 360 g/mol. The molecule has 1 aromatic carbocycles. The van der Waals surface area contributed by atoms with Crippen molar-refractivity contribution in [2.45, 2.75) is 32.7 Å². The van der Waals surface area contributed by atoms with Gasteiger partial charge in [0.05, 0.1) is 16.0 Å². The van der Waals surface area contributed by atoms with Crippen LogP contribution in [0.1, 0.15) is 38.6 Å². The van der Waals surface area contributed by atoms with Crippen molar-refractivity contribution in [2.75, 3.05) is 10.7 Å². The molecule has 0 radical (unpaired) electrons. The molecule has 0 atom stereocenters. The molecule has 10 nitrogen and oxygen atoms in total. The van der Waals surface area contributed by atoms with Crippen LogP contribution < -0.4 is 10.7 Å². The second kappa shape index (κ2) is 7.03. The van der Waals surface area contributed by atoms with Crippen molar-refractivity contribution in [1.29, 1.82) is 5.26 Å². The molecule has 0 aliphatic carbocycles. The monoisotopic (exact) mass is 378 g/mol. The summed E-state index contributed by atoms with van der Waals surface area (Å²) in [5.41, 5.74) is 6.92. The molecule has 28 heavy (non-hydrogen) atoms. The predicted molar refractivity (Wildman–Crippen MR) is 105 cm³/mol. The van der Waals surface area contributed by atoms with Gasteiger partial charge in [-0.05, 0) is 32.4 Å². The van der Waals surface area contributed by atoms with Crippen LogP contribution in [0.2, 0.25) is 0 Å². The van der Waals surface area contributed by atoms with Gasteiger partial charge in [0.15, 0.2) is 5.82 Å². The fraction of sp³-hybridized carbons (Fsp3) is 0.278. The Bertz CT molecular complexity index is 1050. The summed E-state index contributed by atoms with van der Waals surface area (Å²) in [6.45, 7) is 5.91. The van der Waals surface area contributed by atoms with Crippen LogP contribution in [-0.4, -0.2) is 31.1 Å². The number of hydrazone groups is 1. The summed E-state index contributed by atoms with van der Waals surface area (Å²) in [5, 5.41) is 26.6. The molecule has 1 aliphatic heterocycles. The van der Waals surface area contributed by atoms with Crippen LogP contribution in [0, 0.1) is 21.4 Å². The first-order valence-corrected chi connectivity index (χ1v) is 8.42. The van der Waals surface area contributed by atoms with Gasteiger partial charge in [0.1, 0.15) is 6.07 Å². The molecule has 0 saturated carbocycles. The Morgan fingerprint density at radius 2 is 2.14 bits per heavy atom. The molecule has 142 valence electrons. The maximum absolute atomic E-state index is 11.0. The minimum Gasteiger partial charge on any atom is -0.368 e. The first kappa shape index (κ1) is 18.9. The molecule has 1 aliphatic rings. The van der Waals surface area contributed by atoms with Gasteiger partial charge in [0, 0.05) is 24.3 Å². The number of rotatable bonds is 4. The third-order valence-corrected chi connectivity index (χ3v) is 4.12. The lowest BCUT2D eigenvalue weighted by atomic mass is 9.99. The van der Waals surface area contributed by atoms with Crippen molar-refractivity contribution in [3.8, 4) is 6.07 Å². The van der Waals surface area contributed by atoms with Crippen molar-refractivity contribution < 1.29 is 4.92 Å². The van der Waals surface area contributed by atoms with Gasteiger partial charge in [0.25, 0.3) is 11.6 Å². The summed E-state index contributed by atoms with van der Waals surface area (Å²) in [7, 11) is 0. The molecule has 0 spiro atoms. The third-order valence-electron chi connectivity index (χ3n) is 4.12. The van der Waals surface area contributed by atoms with E-state index in [0.29, 0.717) is 5.56 Å². The fourth-order valence-electron chi connectivity index (χ4n) is 3.00. The topological polar surface area (TPSA) is 147 Å². The van der Waals surface area contributed by atoms with Gasteiger partial charge < -0.3 is 5.73 Å². The van der Waals surface area contributed by atoms with E-state index in [1.54, 1.807) is 11.1 Å². The second-order valence-corrected chi connectivity index (χ2v) is 6.98. The molecular formula is C18H18N8O2. The van der Waals surface area contributed by atoms with E-state index in [-0.39, 0.29) is 34.5 Å². The van der Waals surface area contributed by atoms with Crippen LogP contribution >= 0.6 is 0 Å². The summed E-state index contributed by atoms with van der Waals surface area (Å²) in [6, 6.07) is 7.94.